The van der Waals surface area contributed by atoms with Gasteiger partial charge in [-0.25, -0.2) is 0 Å². The van der Waals surface area contributed by atoms with Gasteiger partial charge in [0.2, 0.25) is 5.91 Å². The van der Waals surface area contributed by atoms with Crippen LogP contribution in [0.3, 0.4) is 0 Å². The van der Waals surface area contributed by atoms with E-state index in [2.05, 4.69) is 49.6 Å². The molecule has 1 amide bonds. The summed E-state index contributed by atoms with van der Waals surface area (Å²) in [4.78, 5) is 12.1. The number of carbonyl (C=O) groups excluding carboxylic acids is 1. The topological polar surface area (TPSA) is 41.1 Å². The summed E-state index contributed by atoms with van der Waals surface area (Å²) in [5, 5.41) is 6.25. The summed E-state index contributed by atoms with van der Waals surface area (Å²) in [6, 6.07) is 18.2. The second-order valence-corrected chi connectivity index (χ2v) is 5.80. The number of nitrogens with one attached hydrogen (secondary N) is 2. The maximum Gasteiger partial charge on any atom is 0.238 e. The van der Waals surface area contributed by atoms with Crippen molar-refractivity contribution >= 4 is 11.6 Å². The molecule has 3 nitrogen and oxygen atoms in total. The predicted molar refractivity (Wildman–Crippen MR) is 92.0 cm³/mol. The number of amides is 1. The highest BCUT2D eigenvalue weighted by atomic mass is 16.1. The van der Waals surface area contributed by atoms with Crippen LogP contribution in [0, 0.1) is 0 Å². The Kier molecular flexibility index (Phi) is 5.73. The number of benzene rings is 2. The monoisotopic (exact) mass is 296 g/mol. The van der Waals surface area contributed by atoms with Crippen molar-refractivity contribution < 1.29 is 4.79 Å². The van der Waals surface area contributed by atoms with Gasteiger partial charge in [0.25, 0.3) is 0 Å². The second-order valence-electron chi connectivity index (χ2n) is 5.80. The summed E-state index contributed by atoms with van der Waals surface area (Å²) >= 11 is 0. The van der Waals surface area contributed by atoms with E-state index in [4.69, 9.17) is 0 Å². The molecule has 0 aliphatic rings. The molecule has 116 valence electrons. The third kappa shape index (κ3) is 4.43. The van der Waals surface area contributed by atoms with Crippen LogP contribution in [0.4, 0.5) is 5.69 Å². The number of carbonyl (C=O) groups is 1. The van der Waals surface area contributed by atoms with Crippen LogP contribution in [-0.2, 0) is 4.79 Å². The zero-order chi connectivity index (χ0) is 15.9. The number of rotatable bonds is 6. The maximum absolute atomic E-state index is 12.1. The summed E-state index contributed by atoms with van der Waals surface area (Å²) in [6.45, 7) is 6.61. The van der Waals surface area contributed by atoms with Crippen LogP contribution in [0.1, 0.15) is 43.9 Å². The molecule has 0 saturated heterocycles. The highest BCUT2D eigenvalue weighted by Gasteiger charge is 2.10. The quantitative estimate of drug-likeness (QED) is 0.842. The van der Waals surface area contributed by atoms with Gasteiger partial charge in [-0.05, 0) is 30.0 Å². The maximum atomic E-state index is 12.1. The van der Waals surface area contributed by atoms with Crippen LogP contribution in [-0.4, -0.2) is 12.5 Å². The highest BCUT2D eigenvalue weighted by molar-refractivity contribution is 5.93. The SMILES string of the molecule is CC(C)c1ccccc1NC(=O)CNC(C)c1ccccc1. The van der Waals surface area contributed by atoms with Crippen LogP contribution < -0.4 is 10.6 Å². The van der Waals surface area contributed by atoms with Gasteiger partial charge in [0.1, 0.15) is 0 Å². The van der Waals surface area contributed by atoms with Gasteiger partial charge >= 0.3 is 0 Å². The first-order valence-electron chi connectivity index (χ1n) is 7.75. The van der Waals surface area contributed by atoms with Crippen molar-refractivity contribution in [3.63, 3.8) is 0 Å². The standard InChI is InChI=1S/C19H24N2O/c1-14(2)17-11-7-8-12-18(17)21-19(22)13-20-15(3)16-9-5-4-6-10-16/h4-12,14-15,20H,13H2,1-3H3,(H,21,22). The van der Waals surface area contributed by atoms with E-state index in [9.17, 15) is 4.79 Å². The van der Waals surface area contributed by atoms with Crippen LogP contribution in [0.25, 0.3) is 0 Å². The Bertz CT molecular complexity index is 608. The summed E-state index contributed by atoms with van der Waals surface area (Å²) in [6.07, 6.45) is 0. The molecule has 2 aromatic carbocycles. The van der Waals surface area contributed by atoms with Crippen molar-refractivity contribution in [3.05, 3.63) is 65.7 Å². The largest absolute Gasteiger partial charge is 0.325 e. The van der Waals surface area contributed by atoms with E-state index in [0.717, 1.165) is 11.3 Å². The zero-order valence-corrected chi connectivity index (χ0v) is 13.5. The lowest BCUT2D eigenvalue weighted by molar-refractivity contribution is -0.115. The Balaban J connectivity index is 1.91. The lowest BCUT2D eigenvalue weighted by Gasteiger charge is -2.16. The Morgan fingerprint density at radius 1 is 0.955 bits per heavy atom. The van der Waals surface area contributed by atoms with E-state index >= 15 is 0 Å². The van der Waals surface area contributed by atoms with Crippen molar-refractivity contribution in [2.45, 2.75) is 32.7 Å². The predicted octanol–water partition coefficient (Wildman–Crippen LogP) is 4.10. The van der Waals surface area contributed by atoms with Crippen molar-refractivity contribution in [2.24, 2.45) is 0 Å². The summed E-state index contributed by atoms with van der Waals surface area (Å²) in [5.41, 5.74) is 3.24. The van der Waals surface area contributed by atoms with E-state index in [-0.39, 0.29) is 11.9 Å². The van der Waals surface area contributed by atoms with E-state index < -0.39 is 0 Å². The van der Waals surface area contributed by atoms with Crippen molar-refractivity contribution in [3.8, 4) is 0 Å². The molecule has 1 atom stereocenters. The highest BCUT2D eigenvalue weighted by Crippen LogP contribution is 2.23. The van der Waals surface area contributed by atoms with Gasteiger partial charge in [-0.1, -0.05) is 62.4 Å². The minimum atomic E-state index is -0.0177. The Hall–Kier alpha value is -2.13. The Labute approximate surface area is 132 Å². The first kappa shape index (κ1) is 16.2. The Morgan fingerprint density at radius 3 is 2.27 bits per heavy atom. The molecule has 0 bridgehead atoms. The average molecular weight is 296 g/mol. The zero-order valence-electron chi connectivity index (χ0n) is 13.5. The fourth-order valence-electron chi connectivity index (χ4n) is 2.41. The van der Waals surface area contributed by atoms with Crippen LogP contribution in [0.2, 0.25) is 0 Å². The van der Waals surface area contributed by atoms with E-state index in [1.807, 2.05) is 36.4 Å². The van der Waals surface area contributed by atoms with Crippen LogP contribution >= 0.6 is 0 Å². The van der Waals surface area contributed by atoms with Gasteiger partial charge in [-0.15, -0.1) is 0 Å². The van der Waals surface area contributed by atoms with E-state index in [1.54, 1.807) is 0 Å². The minimum absolute atomic E-state index is 0.0177. The first-order chi connectivity index (χ1) is 10.6. The molecular weight excluding hydrogens is 272 g/mol. The molecular formula is C19H24N2O. The molecule has 2 N–H and O–H groups in total. The lowest BCUT2D eigenvalue weighted by atomic mass is 10.0. The van der Waals surface area contributed by atoms with Gasteiger partial charge in [0.15, 0.2) is 0 Å². The van der Waals surface area contributed by atoms with Crippen LogP contribution in [0.5, 0.6) is 0 Å². The molecule has 22 heavy (non-hydrogen) atoms. The van der Waals surface area contributed by atoms with Gasteiger partial charge in [0.05, 0.1) is 6.54 Å². The summed E-state index contributed by atoms with van der Waals surface area (Å²) in [7, 11) is 0. The number of anilines is 1. The first-order valence-corrected chi connectivity index (χ1v) is 7.75. The van der Waals surface area contributed by atoms with E-state index in [0.29, 0.717) is 12.5 Å². The van der Waals surface area contributed by atoms with Crippen molar-refractivity contribution in [1.82, 2.24) is 5.32 Å². The third-order valence-corrected chi connectivity index (χ3v) is 3.73. The molecule has 2 aromatic rings. The molecule has 3 heteroatoms. The van der Waals surface area contributed by atoms with Crippen LogP contribution in [0.15, 0.2) is 54.6 Å². The molecule has 0 aromatic heterocycles. The smallest absolute Gasteiger partial charge is 0.238 e. The molecule has 0 fully saturated rings. The lowest BCUT2D eigenvalue weighted by Crippen LogP contribution is -2.30. The molecule has 0 spiro atoms. The number of hydrogen-bond acceptors (Lipinski definition) is 2. The molecule has 0 saturated carbocycles. The fraction of sp³-hybridized carbons (Fsp3) is 0.316. The second kappa shape index (κ2) is 7.76. The number of para-hydroxylation sites is 1. The third-order valence-electron chi connectivity index (χ3n) is 3.73. The molecule has 0 heterocycles. The van der Waals surface area contributed by atoms with Crippen molar-refractivity contribution in [2.75, 3.05) is 11.9 Å². The van der Waals surface area contributed by atoms with Gasteiger partial charge in [-0.3, -0.25) is 4.79 Å². The number of hydrogen-bond donors (Lipinski definition) is 2. The minimum Gasteiger partial charge on any atom is -0.325 e. The summed E-state index contributed by atoms with van der Waals surface area (Å²) in [5.74, 6) is 0.364. The van der Waals surface area contributed by atoms with Gasteiger partial charge < -0.3 is 10.6 Å². The molecule has 0 radical (unpaired) electrons. The average Bonchev–Trinajstić information content (AvgIpc) is 2.53. The van der Waals surface area contributed by atoms with E-state index in [1.165, 1.54) is 5.56 Å². The molecule has 1 unspecified atom stereocenters. The normalized spacial score (nSPS) is 12.2. The summed E-state index contributed by atoms with van der Waals surface area (Å²) < 4.78 is 0. The Morgan fingerprint density at radius 2 is 1.59 bits per heavy atom. The van der Waals surface area contributed by atoms with Crippen molar-refractivity contribution in [1.29, 1.82) is 0 Å². The molecule has 0 aliphatic carbocycles. The molecule has 2 rings (SSSR count). The molecule has 0 aliphatic heterocycles. The fourth-order valence-corrected chi connectivity index (χ4v) is 2.41. The van der Waals surface area contributed by atoms with Gasteiger partial charge in [-0.2, -0.15) is 0 Å². The van der Waals surface area contributed by atoms with Gasteiger partial charge in [0, 0.05) is 11.7 Å².